The zero-order chi connectivity index (χ0) is 13.9. The normalized spacial score (nSPS) is 10.5. The largest absolute Gasteiger partial charge is 0.497 e. The first-order chi connectivity index (χ1) is 9.76. The van der Waals surface area contributed by atoms with Gasteiger partial charge in [0.25, 0.3) is 0 Å². The summed E-state index contributed by atoms with van der Waals surface area (Å²) in [5.41, 5.74) is 3.18. The van der Waals surface area contributed by atoms with Crippen molar-refractivity contribution in [1.82, 2.24) is 4.98 Å². The average molecular weight is 346 g/mol. The second-order valence-corrected chi connectivity index (χ2v) is 6.05. The fraction of sp³-hybridized carbons (Fsp3) is 0.0625. The van der Waals surface area contributed by atoms with Crippen molar-refractivity contribution in [2.24, 2.45) is 0 Å². The first-order valence-corrected chi connectivity index (χ1v) is 7.79. The lowest BCUT2D eigenvalue weighted by Crippen LogP contribution is -1.84. The van der Waals surface area contributed by atoms with Crippen LogP contribution in [-0.4, -0.2) is 12.1 Å². The van der Waals surface area contributed by atoms with Crippen molar-refractivity contribution in [3.63, 3.8) is 0 Å². The summed E-state index contributed by atoms with van der Waals surface area (Å²) in [6.07, 6.45) is 0. The number of methoxy groups -OCH3 is 1. The smallest absolute Gasteiger partial charge is 0.124 e. The molecule has 0 amide bonds. The van der Waals surface area contributed by atoms with E-state index in [9.17, 15) is 0 Å². The third kappa shape index (κ3) is 2.76. The number of aromatic nitrogens is 1. The molecular formula is C16H12BrNOS. The van der Waals surface area contributed by atoms with Crippen molar-refractivity contribution in [2.75, 3.05) is 7.11 Å². The van der Waals surface area contributed by atoms with Crippen molar-refractivity contribution in [3.8, 4) is 27.6 Å². The first kappa shape index (κ1) is 13.3. The lowest BCUT2D eigenvalue weighted by Gasteiger charge is -2.01. The van der Waals surface area contributed by atoms with Crippen LogP contribution in [0.4, 0.5) is 0 Å². The predicted molar refractivity (Wildman–Crippen MR) is 87.2 cm³/mol. The van der Waals surface area contributed by atoms with Crippen LogP contribution in [0.3, 0.4) is 0 Å². The molecule has 4 heteroatoms. The summed E-state index contributed by atoms with van der Waals surface area (Å²) in [5.74, 6) is 0.848. The number of hydrogen-bond donors (Lipinski definition) is 0. The average Bonchev–Trinajstić information content (AvgIpc) is 2.98. The Kier molecular flexibility index (Phi) is 3.85. The van der Waals surface area contributed by atoms with Crippen molar-refractivity contribution >= 4 is 27.3 Å². The lowest BCUT2D eigenvalue weighted by molar-refractivity contribution is 0.415. The number of thiazole rings is 1. The first-order valence-electron chi connectivity index (χ1n) is 6.12. The summed E-state index contributed by atoms with van der Waals surface area (Å²) >= 11 is 5.09. The van der Waals surface area contributed by atoms with Crippen LogP contribution < -0.4 is 4.74 Å². The molecule has 0 N–H and O–H groups in total. The molecule has 20 heavy (non-hydrogen) atoms. The maximum absolute atomic E-state index is 5.25. The second-order valence-electron chi connectivity index (χ2n) is 4.28. The number of halogens is 1. The molecule has 0 fully saturated rings. The van der Waals surface area contributed by atoms with Crippen molar-refractivity contribution in [1.29, 1.82) is 0 Å². The molecule has 0 spiro atoms. The van der Waals surface area contributed by atoms with Gasteiger partial charge >= 0.3 is 0 Å². The molecule has 2 nitrogen and oxygen atoms in total. The van der Waals surface area contributed by atoms with E-state index in [0.29, 0.717) is 0 Å². The zero-order valence-corrected chi connectivity index (χ0v) is 13.2. The minimum Gasteiger partial charge on any atom is -0.497 e. The van der Waals surface area contributed by atoms with Gasteiger partial charge in [-0.15, -0.1) is 11.3 Å². The molecular weight excluding hydrogens is 334 g/mol. The van der Waals surface area contributed by atoms with Gasteiger partial charge in [-0.05, 0) is 24.3 Å². The quantitative estimate of drug-likeness (QED) is 0.646. The second kappa shape index (κ2) is 5.77. The molecule has 0 radical (unpaired) electrons. The highest BCUT2D eigenvalue weighted by atomic mass is 79.9. The highest BCUT2D eigenvalue weighted by Gasteiger charge is 2.07. The number of benzene rings is 2. The molecule has 1 aromatic heterocycles. The Bertz CT molecular complexity index is 721. The number of nitrogens with zero attached hydrogens (tertiary/aromatic N) is 1. The molecule has 0 saturated carbocycles. The van der Waals surface area contributed by atoms with E-state index in [1.165, 1.54) is 0 Å². The van der Waals surface area contributed by atoms with E-state index < -0.39 is 0 Å². The van der Waals surface area contributed by atoms with Crippen molar-refractivity contribution < 1.29 is 4.74 Å². The van der Waals surface area contributed by atoms with Crippen molar-refractivity contribution in [2.45, 2.75) is 0 Å². The fourth-order valence-corrected chi connectivity index (χ4v) is 3.01. The lowest BCUT2D eigenvalue weighted by atomic mass is 10.1. The third-order valence-electron chi connectivity index (χ3n) is 2.96. The van der Waals surface area contributed by atoms with Crippen LogP contribution in [-0.2, 0) is 0 Å². The summed E-state index contributed by atoms with van der Waals surface area (Å²) in [6, 6.07) is 16.2. The molecule has 0 aliphatic carbocycles. The summed E-state index contributed by atoms with van der Waals surface area (Å²) in [6.45, 7) is 0. The van der Waals surface area contributed by atoms with Crippen LogP contribution in [0, 0.1) is 0 Å². The van der Waals surface area contributed by atoms with Crippen LogP contribution >= 0.6 is 27.3 Å². The van der Waals surface area contributed by atoms with E-state index in [0.717, 1.165) is 32.1 Å². The topological polar surface area (TPSA) is 22.1 Å². The van der Waals surface area contributed by atoms with Gasteiger partial charge in [-0.2, -0.15) is 0 Å². The molecule has 0 saturated heterocycles. The van der Waals surface area contributed by atoms with Gasteiger partial charge in [-0.1, -0.05) is 40.2 Å². The van der Waals surface area contributed by atoms with E-state index in [2.05, 4.69) is 33.4 Å². The van der Waals surface area contributed by atoms with Crippen LogP contribution in [0.15, 0.2) is 58.4 Å². The van der Waals surface area contributed by atoms with Crippen LogP contribution in [0.5, 0.6) is 5.75 Å². The maximum atomic E-state index is 5.25. The Morgan fingerprint density at radius 1 is 1.05 bits per heavy atom. The van der Waals surface area contributed by atoms with Crippen molar-refractivity contribution in [3.05, 3.63) is 58.4 Å². The number of hydrogen-bond acceptors (Lipinski definition) is 3. The summed E-state index contributed by atoms with van der Waals surface area (Å²) in [4.78, 5) is 4.70. The number of ether oxygens (including phenoxy) is 1. The Hall–Kier alpha value is -1.65. The van der Waals surface area contributed by atoms with E-state index in [4.69, 9.17) is 9.72 Å². The standard InChI is InChI=1S/C16H12BrNOS/c1-19-14-4-2-3-12(9-14)15-10-20-16(18-15)11-5-7-13(17)8-6-11/h2-10H,1H3. The van der Waals surface area contributed by atoms with E-state index >= 15 is 0 Å². The van der Waals surface area contributed by atoms with Gasteiger partial charge in [0.15, 0.2) is 0 Å². The van der Waals surface area contributed by atoms with Gasteiger partial charge in [0.2, 0.25) is 0 Å². The third-order valence-corrected chi connectivity index (χ3v) is 4.38. The predicted octanol–water partition coefficient (Wildman–Crippen LogP) is 5.25. The van der Waals surface area contributed by atoms with Crippen LogP contribution in [0.25, 0.3) is 21.8 Å². The molecule has 0 aliphatic rings. The van der Waals surface area contributed by atoms with E-state index in [1.54, 1.807) is 18.4 Å². The molecule has 3 aromatic rings. The zero-order valence-electron chi connectivity index (χ0n) is 10.8. The molecule has 0 atom stereocenters. The molecule has 2 aromatic carbocycles. The Morgan fingerprint density at radius 3 is 2.60 bits per heavy atom. The van der Waals surface area contributed by atoms with Crippen LogP contribution in [0.2, 0.25) is 0 Å². The highest BCUT2D eigenvalue weighted by Crippen LogP contribution is 2.30. The highest BCUT2D eigenvalue weighted by molar-refractivity contribution is 9.10. The van der Waals surface area contributed by atoms with Gasteiger partial charge in [0.1, 0.15) is 10.8 Å². The van der Waals surface area contributed by atoms with Gasteiger partial charge in [-0.3, -0.25) is 0 Å². The fourth-order valence-electron chi connectivity index (χ4n) is 1.91. The molecule has 0 aliphatic heterocycles. The monoisotopic (exact) mass is 345 g/mol. The maximum Gasteiger partial charge on any atom is 0.124 e. The minimum atomic E-state index is 0.848. The van der Waals surface area contributed by atoms with E-state index in [-0.39, 0.29) is 0 Å². The van der Waals surface area contributed by atoms with E-state index in [1.807, 2.05) is 36.4 Å². The molecule has 0 bridgehead atoms. The van der Waals surface area contributed by atoms with Gasteiger partial charge in [0.05, 0.1) is 12.8 Å². The number of rotatable bonds is 3. The van der Waals surface area contributed by atoms with Gasteiger partial charge in [-0.25, -0.2) is 4.98 Å². The van der Waals surface area contributed by atoms with Gasteiger partial charge < -0.3 is 4.74 Å². The van der Waals surface area contributed by atoms with Gasteiger partial charge in [0, 0.05) is 21.0 Å². The minimum absolute atomic E-state index is 0.848. The molecule has 3 rings (SSSR count). The Balaban J connectivity index is 1.95. The SMILES string of the molecule is COc1cccc(-c2csc(-c3ccc(Br)cc3)n2)c1. The molecule has 1 heterocycles. The summed E-state index contributed by atoms with van der Waals surface area (Å²) < 4.78 is 6.33. The Morgan fingerprint density at radius 2 is 1.85 bits per heavy atom. The Labute approximate surface area is 130 Å². The molecule has 0 unspecified atom stereocenters. The molecule has 100 valence electrons. The summed E-state index contributed by atoms with van der Waals surface area (Å²) in [5, 5.41) is 3.10. The summed E-state index contributed by atoms with van der Waals surface area (Å²) in [7, 11) is 1.67. The van der Waals surface area contributed by atoms with Crippen LogP contribution in [0.1, 0.15) is 0 Å².